The second kappa shape index (κ2) is 14.7. The molecule has 2 N–H and O–H groups in total. The van der Waals surface area contributed by atoms with Gasteiger partial charge in [0.15, 0.2) is 0 Å². The van der Waals surface area contributed by atoms with Crippen LogP contribution in [0.5, 0.6) is 0 Å². The highest BCUT2D eigenvalue weighted by atomic mass is 32.2. The number of nitrogens with zero attached hydrogens (tertiary/aromatic N) is 1. The van der Waals surface area contributed by atoms with Crippen LogP contribution in [0.3, 0.4) is 0 Å². The molecule has 38 heavy (non-hydrogen) atoms. The van der Waals surface area contributed by atoms with Gasteiger partial charge in [-0.15, -0.1) is 23.1 Å². The summed E-state index contributed by atoms with van der Waals surface area (Å²) in [6.07, 6.45) is -1.34. The van der Waals surface area contributed by atoms with Crippen molar-refractivity contribution in [3.05, 3.63) is 58.3 Å². The fourth-order valence-electron chi connectivity index (χ4n) is 3.94. The number of ether oxygens (including phenoxy) is 3. The number of hydrogen-bond donors (Lipinski definition) is 2. The van der Waals surface area contributed by atoms with Gasteiger partial charge in [0, 0.05) is 24.1 Å². The van der Waals surface area contributed by atoms with Gasteiger partial charge in [-0.3, -0.25) is 19.7 Å². The van der Waals surface area contributed by atoms with Gasteiger partial charge in [0.25, 0.3) is 0 Å². The highest BCUT2D eigenvalue weighted by Gasteiger charge is 2.36. The molecule has 2 heterocycles. The number of esters is 1. The maximum absolute atomic E-state index is 13.4. The van der Waals surface area contributed by atoms with Crippen LogP contribution in [0.15, 0.2) is 47.8 Å². The number of thiophene rings is 1. The quantitative estimate of drug-likeness (QED) is 0.292. The number of aliphatic carboxylic acids is 1. The Balaban J connectivity index is 1.76. The third-order valence-electron chi connectivity index (χ3n) is 5.70. The number of carbonyl (C=O) groups excluding carboxylic acids is 3. The van der Waals surface area contributed by atoms with E-state index in [9.17, 15) is 24.3 Å². The lowest BCUT2D eigenvalue weighted by atomic mass is 10.0. The standard InChI is InChI=1S/C26H32N2O8S2/c1-3-34-26(33)36-17(2)35-25(32)19(12-11-18-8-5-4-6-9-18)27-20-16-38-22(21-10-7-13-37-21)14-28(24(20)31)15-23(29)30/h4-10,13,17,19-20,22,27H,3,11-12,14-16H2,1-2H3,(H,29,30). The molecule has 1 aliphatic rings. The van der Waals surface area contributed by atoms with Crippen molar-refractivity contribution in [1.82, 2.24) is 10.2 Å². The van der Waals surface area contributed by atoms with Gasteiger partial charge in [-0.1, -0.05) is 36.4 Å². The first-order valence-corrected chi connectivity index (χ1v) is 14.2. The number of rotatable bonds is 12. The smallest absolute Gasteiger partial charge is 0.480 e. The van der Waals surface area contributed by atoms with Crippen molar-refractivity contribution in [2.75, 3.05) is 25.4 Å². The number of nitrogens with one attached hydrogen (secondary N) is 1. The van der Waals surface area contributed by atoms with Crippen LogP contribution in [0.2, 0.25) is 0 Å². The Hall–Kier alpha value is -3.09. The molecule has 4 unspecified atom stereocenters. The minimum absolute atomic E-state index is 0.0854. The maximum Gasteiger partial charge on any atom is 0.511 e. The van der Waals surface area contributed by atoms with Crippen molar-refractivity contribution >= 4 is 47.1 Å². The Morgan fingerprint density at radius 3 is 2.58 bits per heavy atom. The molecule has 0 spiro atoms. The van der Waals surface area contributed by atoms with E-state index in [1.807, 2.05) is 47.8 Å². The lowest BCUT2D eigenvalue weighted by molar-refractivity contribution is -0.171. The number of thioether (sulfide) groups is 1. The van der Waals surface area contributed by atoms with Crippen LogP contribution in [0, 0.1) is 0 Å². The molecule has 10 nitrogen and oxygen atoms in total. The molecular formula is C26H32N2O8S2. The average molecular weight is 565 g/mol. The zero-order valence-electron chi connectivity index (χ0n) is 21.2. The summed E-state index contributed by atoms with van der Waals surface area (Å²) in [5.41, 5.74) is 0.995. The number of hydrogen-bond acceptors (Lipinski definition) is 10. The molecule has 12 heteroatoms. The van der Waals surface area contributed by atoms with Crippen LogP contribution in [-0.2, 0) is 35.0 Å². The number of aryl methyl sites for hydroxylation is 1. The molecular weight excluding hydrogens is 532 g/mol. The number of amides is 1. The van der Waals surface area contributed by atoms with Crippen molar-refractivity contribution < 1.29 is 38.5 Å². The van der Waals surface area contributed by atoms with Crippen LogP contribution in [-0.4, -0.2) is 77.8 Å². The number of carbonyl (C=O) groups is 4. The van der Waals surface area contributed by atoms with E-state index in [-0.39, 0.29) is 18.4 Å². The molecule has 0 radical (unpaired) electrons. The Morgan fingerprint density at radius 2 is 1.92 bits per heavy atom. The summed E-state index contributed by atoms with van der Waals surface area (Å²) in [7, 11) is 0. The first-order chi connectivity index (χ1) is 18.3. The molecule has 4 atom stereocenters. The SMILES string of the molecule is CCOC(=O)OC(C)OC(=O)C(CCc1ccccc1)NC1CSC(c2cccs2)CN(CC(=O)O)C1=O. The van der Waals surface area contributed by atoms with Gasteiger partial charge in [0.2, 0.25) is 12.2 Å². The van der Waals surface area contributed by atoms with Gasteiger partial charge in [0.05, 0.1) is 17.9 Å². The zero-order valence-corrected chi connectivity index (χ0v) is 22.9. The van der Waals surface area contributed by atoms with Gasteiger partial charge in [-0.25, -0.2) is 4.79 Å². The van der Waals surface area contributed by atoms with Crippen molar-refractivity contribution in [3.63, 3.8) is 0 Å². The van der Waals surface area contributed by atoms with Gasteiger partial charge < -0.3 is 24.2 Å². The van der Waals surface area contributed by atoms with Crippen LogP contribution in [0.1, 0.15) is 36.0 Å². The molecule has 206 valence electrons. The lowest BCUT2D eigenvalue weighted by Gasteiger charge is -2.27. The highest BCUT2D eigenvalue weighted by molar-refractivity contribution is 7.99. The van der Waals surface area contributed by atoms with E-state index in [0.717, 1.165) is 10.4 Å². The predicted molar refractivity (Wildman–Crippen MR) is 143 cm³/mol. The van der Waals surface area contributed by atoms with Crippen LogP contribution >= 0.6 is 23.1 Å². The van der Waals surface area contributed by atoms with E-state index in [1.165, 1.54) is 23.6 Å². The second-order valence-electron chi connectivity index (χ2n) is 8.55. The van der Waals surface area contributed by atoms with Gasteiger partial charge in [0.1, 0.15) is 12.6 Å². The molecule has 0 saturated carbocycles. The first kappa shape index (κ1) is 29.5. The first-order valence-electron chi connectivity index (χ1n) is 12.3. The van der Waals surface area contributed by atoms with Gasteiger partial charge in [-0.05, 0) is 36.8 Å². The Labute approximate surface area is 229 Å². The van der Waals surface area contributed by atoms with Crippen LogP contribution in [0.25, 0.3) is 0 Å². The second-order valence-corrected chi connectivity index (χ2v) is 10.8. The fraction of sp³-hybridized carbons (Fsp3) is 0.462. The molecule has 1 aliphatic heterocycles. The van der Waals surface area contributed by atoms with E-state index in [2.05, 4.69) is 5.32 Å². The molecule has 3 rings (SSSR count). The van der Waals surface area contributed by atoms with Crippen molar-refractivity contribution in [2.45, 2.75) is 50.3 Å². The number of carboxylic acid groups (broad SMARTS) is 1. The summed E-state index contributed by atoms with van der Waals surface area (Å²) >= 11 is 3.08. The number of carboxylic acids is 1. The normalized spacial score (nSPS) is 19.2. The third-order valence-corrected chi connectivity index (χ3v) is 8.17. The molecule has 0 aliphatic carbocycles. The molecule has 1 aromatic carbocycles. The van der Waals surface area contributed by atoms with Gasteiger partial charge in [-0.2, -0.15) is 0 Å². The third kappa shape index (κ3) is 9.03. The predicted octanol–water partition coefficient (Wildman–Crippen LogP) is 3.47. The number of benzene rings is 1. The van der Waals surface area contributed by atoms with Gasteiger partial charge >= 0.3 is 18.1 Å². The van der Waals surface area contributed by atoms with E-state index in [4.69, 9.17) is 14.2 Å². The van der Waals surface area contributed by atoms with E-state index < -0.39 is 48.9 Å². The van der Waals surface area contributed by atoms with E-state index in [1.54, 1.807) is 18.3 Å². The summed E-state index contributed by atoms with van der Waals surface area (Å²) in [6.45, 7) is 2.94. The Kier molecular flexibility index (Phi) is 11.4. The lowest BCUT2D eigenvalue weighted by Crippen LogP contribution is -2.54. The summed E-state index contributed by atoms with van der Waals surface area (Å²) in [6, 6.07) is 11.7. The van der Waals surface area contributed by atoms with Crippen LogP contribution < -0.4 is 5.32 Å². The fourth-order valence-corrected chi connectivity index (χ4v) is 6.20. The largest absolute Gasteiger partial charge is 0.511 e. The minimum Gasteiger partial charge on any atom is -0.480 e. The summed E-state index contributed by atoms with van der Waals surface area (Å²) in [4.78, 5) is 52.1. The topological polar surface area (TPSA) is 131 Å². The molecule has 1 aromatic heterocycles. The molecule has 2 aromatic rings. The zero-order chi connectivity index (χ0) is 27.5. The summed E-state index contributed by atoms with van der Waals surface area (Å²) < 4.78 is 15.0. The van der Waals surface area contributed by atoms with Crippen molar-refractivity contribution in [1.29, 1.82) is 0 Å². The average Bonchev–Trinajstić information content (AvgIpc) is 3.37. The highest BCUT2D eigenvalue weighted by Crippen LogP contribution is 2.35. The molecule has 1 fully saturated rings. The molecule has 1 saturated heterocycles. The summed E-state index contributed by atoms with van der Waals surface area (Å²) in [5, 5.41) is 14.4. The van der Waals surface area contributed by atoms with E-state index >= 15 is 0 Å². The molecule has 1 amide bonds. The Morgan fingerprint density at radius 1 is 1.16 bits per heavy atom. The maximum atomic E-state index is 13.4. The van der Waals surface area contributed by atoms with E-state index in [0.29, 0.717) is 18.6 Å². The van der Waals surface area contributed by atoms with Crippen LogP contribution in [0.4, 0.5) is 4.79 Å². The van der Waals surface area contributed by atoms with Crippen molar-refractivity contribution in [3.8, 4) is 0 Å². The van der Waals surface area contributed by atoms with Crippen molar-refractivity contribution in [2.24, 2.45) is 0 Å². The Bertz CT molecular complexity index is 1070. The monoisotopic (exact) mass is 564 g/mol. The molecule has 0 bridgehead atoms. The minimum atomic E-state index is -1.20. The summed E-state index contributed by atoms with van der Waals surface area (Å²) in [5.74, 6) is -1.87.